The highest BCUT2D eigenvalue weighted by molar-refractivity contribution is 5.75. The van der Waals surface area contributed by atoms with Crippen molar-refractivity contribution in [3.05, 3.63) is 29.8 Å². The molecule has 1 aromatic rings. The SMILES string of the molecule is CCOC(=O)[C@H](OCOCCOC)[C@@H](F)c1ccc(OC)cc1. The van der Waals surface area contributed by atoms with Gasteiger partial charge in [0.1, 0.15) is 12.5 Å². The van der Waals surface area contributed by atoms with Gasteiger partial charge in [0.15, 0.2) is 12.3 Å². The van der Waals surface area contributed by atoms with Crippen LogP contribution in [0.1, 0.15) is 18.7 Å². The lowest BCUT2D eigenvalue weighted by atomic mass is 10.1. The summed E-state index contributed by atoms with van der Waals surface area (Å²) >= 11 is 0. The number of alkyl halides is 1. The van der Waals surface area contributed by atoms with Crippen molar-refractivity contribution in [2.45, 2.75) is 19.2 Å². The summed E-state index contributed by atoms with van der Waals surface area (Å²) in [6.07, 6.45) is -3.07. The molecule has 0 aliphatic rings. The third-order valence-electron chi connectivity index (χ3n) is 2.98. The number of ether oxygens (including phenoxy) is 5. The fourth-order valence-electron chi connectivity index (χ4n) is 1.78. The van der Waals surface area contributed by atoms with Crippen LogP contribution in [0, 0.1) is 0 Å². The van der Waals surface area contributed by atoms with Crippen molar-refractivity contribution in [3.63, 3.8) is 0 Å². The van der Waals surface area contributed by atoms with Gasteiger partial charge >= 0.3 is 5.97 Å². The Kier molecular flexibility index (Phi) is 9.20. The molecule has 0 spiro atoms. The zero-order valence-electron chi connectivity index (χ0n) is 13.6. The van der Waals surface area contributed by atoms with E-state index in [1.807, 2.05) is 0 Å². The van der Waals surface area contributed by atoms with Gasteiger partial charge in [-0.05, 0) is 24.6 Å². The van der Waals surface area contributed by atoms with Gasteiger partial charge in [0, 0.05) is 7.11 Å². The van der Waals surface area contributed by atoms with Gasteiger partial charge in [-0.2, -0.15) is 0 Å². The summed E-state index contributed by atoms with van der Waals surface area (Å²) in [7, 11) is 3.05. The van der Waals surface area contributed by atoms with Gasteiger partial charge in [0.05, 0.1) is 26.9 Å². The predicted octanol–water partition coefficient (Wildman–Crippen LogP) is 2.27. The Hall–Kier alpha value is -1.70. The lowest BCUT2D eigenvalue weighted by molar-refractivity contribution is -0.175. The molecule has 2 atom stereocenters. The van der Waals surface area contributed by atoms with Crippen LogP contribution in [0.4, 0.5) is 4.39 Å². The zero-order chi connectivity index (χ0) is 17.1. The summed E-state index contributed by atoms with van der Waals surface area (Å²) in [5.74, 6) is -0.177. The molecule has 0 aromatic heterocycles. The Labute approximate surface area is 135 Å². The van der Waals surface area contributed by atoms with E-state index in [0.717, 1.165) is 0 Å². The molecule has 0 saturated heterocycles. The highest BCUT2D eigenvalue weighted by atomic mass is 19.1. The number of carbonyl (C=O) groups excluding carboxylic acids is 1. The molecule has 0 amide bonds. The van der Waals surface area contributed by atoms with E-state index in [0.29, 0.717) is 17.9 Å². The van der Waals surface area contributed by atoms with Crippen molar-refractivity contribution in [1.82, 2.24) is 0 Å². The number of benzene rings is 1. The molecular formula is C16H23FO6. The van der Waals surface area contributed by atoms with E-state index >= 15 is 0 Å². The van der Waals surface area contributed by atoms with E-state index in [-0.39, 0.29) is 20.0 Å². The summed E-state index contributed by atoms with van der Waals surface area (Å²) in [5.41, 5.74) is 0.292. The maximum atomic E-state index is 14.6. The summed E-state index contributed by atoms with van der Waals surface area (Å²) in [6, 6.07) is 6.29. The van der Waals surface area contributed by atoms with Gasteiger partial charge in [-0.15, -0.1) is 0 Å². The number of esters is 1. The van der Waals surface area contributed by atoms with Gasteiger partial charge in [-0.3, -0.25) is 0 Å². The fraction of sp³-hybridized carbons (Fsp3) is 0.562. The molecule has 0 aliphatic heterocycles. The minimum atomic E-state index is -1.68. The predicted molar refractivity (Wildman–Crippen MR) is 81.0 cm³/mol. The van der Waals surface area contributed by atoms with Crippen molar-refractivity contribution >= 4 is 5.97 Å². The van der Waals surface area contributed by atoms with E-state index in [4.69, 9.17) is 23.7 Å². The molecule has 23 heavy (non-hydrogen) atoms. The Bertz CT molecular complexity index is 450. The van der Waals surface area contributed by atoms with E-state index < -0.39 is 18.2 Å². The van der Waals surface area contributed by atoms with Gasteiger partial charge in [0.2, 0.25) is 0 Å². The minimum absolute atomic E-state index is 0.137. The quantitative estimate of drug-likeness (QED) is 0.352. The molecule has 0 fully saturated rings. The molecule has 0 radical (unpaired) electrons. The molecule has 6 nitrogen and oxygen atoms in total. The topological polar surface area (TPSA) is 63.2 Å². The third kappa shape index (κ3) is 6.52. The second-order valence-corrected chi connectivity index (χ2v) is 4.53. The lowest BCUT2D eigenvalue weighted by Crippen LogP contribution is -2.32. The molecule has 0 bridgehead atoms. The average molecular weight is 330 g/mol. The number of methoxy groups -OCH3 is 2. The molecule has 1 aromatic carbocycles. The van der Waals surface area contributed by atoms with Crippen LogP contribution >= 0.6 is 0 Å². The van der Waals surface area contributed by atoms with E-state index in [1.54, 1.807) is 19.1 Å². The number of carbonyl (C=O) groups is 1. The first-order valence-corrected chi connectivity index (χ1v) is 7.27. The van der Waals surface area contributed by atoms with E-state index in [1.165, 1.54) is 26.4 Å². The van der Waals surface area contributed by atoms with Crippen molar-refractivity contribution in [3.8, 4) is 5.75 Å². The molecule has 130 valence electrons. The Balaban J connectivity index is 2.70. The molecule has 1 rings (SSSR count). The average Bonchev–Trinajstić information content (AvgIpc) is 2.58. The summed E-state index contributed by atoms with van der Waals surface area (Å²) in [6.45, 7) is 2.21. The summed E-state index contributed by atoms with van der Waals surface area (Å²) in [5, 5.41) is 0. The Morgan fingerprint density at radius 3 is 2.43 bits per heavy atom. The number of hydrogen-bond donors (Lipinski definition) is 0. The zero-order valence-corrected chi connectivity index (χ0v) is 13.6. The van der Waals surface area contributed by atoms with Crippen LogP contribution in [0.3, 0.4) is 0 Å². The van der Waals surface area contributed by atoms with Gasteiger partial charge < -0.3 is 23.7 Å². The van der Waals surface area contributed by atoms with Gasteiger partial charge in [-0.1, -0.05) is 12.1 Å². The highest BCUT2D eigenvalue weighted by Gasteiger charge is 2.32. The number of hydrogen-bond acceptors (Lipinski definition) is 6. The van der Waals surface area contributed by atoms with Crippen LogP contribution in [-0.2, 0) is 23.7 Å². The van der Waals surface area contributed by atoms with Crippen molar-refractivity contribution in [2.24, 2.45) is 0 Å². The lowest BCUT2D eigenvalue weighted by Gasteiger charge is -2.20. The second kappa shape index (κ2) is 10.9. The first-order valence-electron chi connectivity index (χ1n) is 7.27. The van der Waals surface area contributed by atoms with Crippen LogP contribution < -0.4 is 4.74 Å². The smallest absolute Gasteiger partial charge is 0.338 e. The molecule has 0 saturated carbocycles. The highest BCUT2D eigenvalue weighted by Crippen LogP contribution is 2.26. The maximum absolute atomic E-state index is 14.6. The van der Waals surface area contributed by atoms with Gasteiger partial charge in [0.25, 0.3) is 0 Å². The Morgan fingerprint density at radius 1 is 1.17 bits per heavy atom. The van der Waals surface area contributed by atoms with E-state index in [2.05, 4.69) is 0 Å². The Morgan fingerprint density at radius 2 is 1.87 bits per heavy atom. The van der Waals surface area contributed by atoms with Crippen LogP contribution in [0.5, 0.6) is 5.75 Å². The third-order valence-corrected chi connectivity index (χ3v) is 2.98. The number of halogens is 1. The van der Waals surface area contributed by atoms with Crippen molar-refractivity contribution in [2.75, 3.05) is 40.8 Å². The van der Waals surface area contributed by atoms with Crippen LogP contribution in [-0.4, -0.2) is 52.9 Å². The maximum Gasteiger partial charge on any atom is 0.338 e. The molecule has 0 unspecified atom stereocenters. The first kappa shape index (κ1) is 19.3. The fourth-order valence-corrected chi connectivity index (χ4v) is 1.78. The molecule has 7 heteroatoms. The monoisotopic (exact) mass is 330 g/mol. The van der Waals surface area contributed by atoms with Gasteiger partial charge in [-0.25, -0.2) is 9.18 Å². The number of rotatable bonds is 11. The van der Waals surface area contributed by atoms with Crippen LogP contribution in [0.25, 0.3) is 0 Å². The van der Waals surface area contributed by atoms with Crippen LogP contribution in [0.2, 0.25) is 0 Å². The molecule has 0 N–H and O–H groups in total. The minimum Gasteiger partial charge on any atom is -0.497 e. The second-order valence-electron chi connectivity index (χ2n) is 4.53. The van der Waals surface area contributed by atoms with Crippen LogP contribution in [0.15, 0.2) is 24.3 Å². The van der Waals surface area contributed by atoms with Crippen molar-refractivity contribution < 1.29 is 32.9 Å². The molecular weight excluding hydrogens is 307 g/mol. The van der Waals surface area contributed by atoms with E-state index in [9.17, 15) is 9.18 Å². The largest absolute Gasteiger partial charge is 0.497 e. The summed E-state index contributed by atoms with van der Waals surface area (Å²) in [4.78, 5) is 11.9. The first-order chi connectivity index (χ1) is 11.1. The summed E-state index contributed by atoms with van der Waals surface area (Å²) < 4.78 is 39.7. The normalized spacial score (nSPS) is 13.4. The molecule has 0 aliphatic carbocycles. The molecule has 0 heterocycles. The standard InChI is InChI=1S/C16H23FO6/c1-4-22-16(18)15(23-11-21-10-9-19-2)14(17)12-5-7-13(20-3)8-6-12/h5-8,14-15H,4,9-11H2,1-3H3/t14-,15+/m0/s1. The van der Waals surface area contributed by atoms with Crippen molar-refractivity contribution in [1.29, 1.82) is 0 Å².